The summed E-state index contributed by atoms with van der Waals surface area (Å²) >= 11 is 0. The maximum Gasteiger partial charge on any atom is 0.325 e. The predicted octanol–water partition coefficient (Wildman–Crippen LogP) is 0.485. The summed E-state index contributed by atoms with van der Waals surface area (Å²) in [5.41, 5.74) is 1.64. The van der Waals surface area contributed by atoms with E-state index in [9.17, 15) is 14.4 Å². The number of amides is 4. The number of rotatable bonds is 3. The van der Waals surface area contributed by atoms with Gasteiger partial charge < -0.3 is 10.2 Å². The summed E-state index contributed by atoms with van der Waals surface area (Å²) in [6.45, 7) is 1.67. The van der Waals surface area contributed by atoms with Crippen LogP contribution in [0.3, 0.4) is 0 Å². The highest BCUT2D eigenvalue weighted by Gasteiger charge is 2.28. The molecule has 1 aliphatic heterocycles. The van der Waals surface area contributed by atoms with Gasteiger partial charge >= 0.3 is 6.03 Å². The molecular weight excluding hydrogens is 234 g/mol. The second-order valence-electron chi connectivity index (χ2n) is 4.07. The van der Waals surface area contributed by atoms with E-state index in [0.29, 0.717) is 5.69 Å². The lowest BCUT2D eigenvalue weighted by Crippen LogP contribution is -2.35. The highest BCUT2D eigenvalue weighted by Crippen LogP contribution is 2.13. The molecule has 6 heteroatoms. The lowest BCUT2D eigenvalue weighted by atomic mass is 10.2. The number of carbonyl (C=O) groups is 3. The number of para-hydroxylation sites is 1. The molecule has 94 valence electrons. The van der Waals surface area contributed by atoms with E-state index in [1.54, 1.807) is 6.07 Å². The molecule has 0 unspecified atom stereocenters. The van der Waals surface area contributed by atoms with Crippen LogP contribution < -0.4 is 10.6 Å². The van der Waals surface area contributed by atoms with Gasteiger partial charge in [0.1, 0.15) is 13.1 Å². The van der Waals surface area contributed by atoms with E-state index in [-0.39, 0.29) is 24.9 Å². The van der Waals surface area contributed by atoms with Crippen LogP contribution in [0.25, 0.3) is 0 Å². The van der Waals surface area contributed by atoms with Gasteiger partial charge in [0.25, 0.3) is 0 Å². The summed E-state index contributed by atoms with van der Waals surface area (Å²) in [5, 5.41) is 4.82. The maximum absolute atomic E-state index is 11.7. The van der Waals surface area contributed by atoms with Gasteiger partial charge in [-0.1, -0.05) is 18.2 Å². The van der Waals surface area contributed by atoms with Crippen molar-refractivity contribution >= 4 is 23.5 Å². The minimum atomic E-state index is -0.528. The monoisotopic (exact) mass is 247 g/mol. The molecule has 1 aromatic carbocycles. The Morgan fingerprint density at radius 3 is 2.72 bits per heavy atom. The molecular formula is C12H13N3O3. The zero-order valence-electron chi connectivity index (χ0n) is 9.90. The zero-order valence-corrected chi connectivity index (χ0v) is 9.90. The summed E-state index contributed by atoms with van der Waals surface area (Å²) in [6, 6.07) is 6.82. The molecule has 2 rings (SSSR count). The Hall–Kier alpha value is -2.37. The molecule has 0 saturated carbocycles. The molecule has 1 saturated heterocycles. The highest BCUT2D eigenvalue weighted by molar-refractivity contribution is 6.04. The highest BCUT2D eigenvalue weighted by atomic mass is 16.2. The lowest BCUT2D eigenvalue weighted by Gasteiger charge is -2.13. The van der Waals surface area contributed by atoms with Crippen LogP contribution >= 0.6 is 0 Å². The average molecular weight is 247 g/mol. The second kappa shape index (κ2) is 4.87. The molecule has 0 spiro atoms. The molecule has 18 heavy (non-hydrogen) atoms. The molecule has 0 aromatic heterocycles. The fourth-order valence-electron chi connectivity index (χ4n) is 1.69. The number of imide groups is 1. The number of hydrogen-bond acceptors (Lipinski definition) is 3. The van der Waals surface area contributed by atoms with Gasteiger partial charge in [-0.2, -0.15) is 0 Å². The fraction of sp³-hybridized carbons (Fsp3) is 0.250. The van der Waals surface area contributed by atoms with Crippen molar-refractivity contribution in [2.24, 2.45) is 0 Å². The van der Waals surface area contributed by atoms with Crippen LogP contribution in [0.4, 0.5) is 10.5 Å². The van der Waals surface area contributed by atoms with E-state index in [0.717, 1.165) is 10.5 Å². The Kier molecular flexibility index (Phi) is 3.27. The molecule has 1 fully saturated rings. The number of nitrogens with one attached hydrogen (secondary N) is 2. The summed E-state index contributed by atoms with van der Waals surface area (Å²) in [4.78, 5) is 35.1. The predicted molar refractivity (Wildman–Crippen MR) is 64.9 cm³/mol. The first-order valence-electron chi connectivity index (χ1n) is 5.50. The van der Waals surface area contributed by atoms with Crippen molar-refractivity contribution in [1.29, 1.82) is 0 Å². The van der Waals surface area contributed by atoms with Crippen molar-refractivity contribution in [3.63, 3.8) is 0 Å². The van der Waals surface area contributed by atoms with Crippen molar-refractivity contribution in [3.05, 3.63) is 29.8 Å². The largest absolute Gasteiger partial charge is 0.325 e. The first kappa shape index (κ1) is 12.1. The number of anilines is 1. The van der Waals surface area contributed by atoms with Crippen molar-refractivity contribution < 1.29 is 14.4 Å². The first-order valence-corrected chi connectivity index (χ1v) is 5.50. The molecule has 0 radical (unpaired) electrons. The Labute approximate surface area is 104 Å². The molecule has 6 nitrogen and oxygen atoms in total. The molecule has 0 atom stereocenters. The van der Waals surface area contributed by atoms with E-state index < -0.39 is 6.03 Å². The number of carbonyl (C=O) groups excluding carboxylic acids is 3. The molecule has 4 amide bonds. The van der Waals surface area contributed by atoms with Crippen molar-refractivity contribution in [1.82, 2.24) is 10.2 Å². The third-order valence-electron chi connectivity index (χ3n) is 2.62. The molecule has 0 bridgehead atoms. The standard InChI is InChI=1S/C12H13N3O3/c1-8-4-2-3-5-9(8)13-10(16)6-15-7-11(17)14-12(15)18/h2-5H,6-7H2,1H3,(H,13,16)(H,14,17,18). The summed E-state index contributed by atoms with van der Waals surface area (Å²) < 4.78 is 0. The van der Waals surface area contributed by atoms with Gasteiger partial charge in [0.2, 0.25) is 11.8 Å². The SMILES string of the molecule is Cc1ccccc1NC(=O)CN1CC(=O)NC1=O. The Balaban J connectivity index is 1.95. The number of urea groups is 1. The van der Waals surface area contributed by atoms with E-state index in [2.05, 4.69) is 10.6 Å². The van der Waals surface area contributed by atoms with Gasteiger partial charge in [0, 0.05) is 5.69 Å². The van der Waals surface area contributed by atoms with Crippen LogP contribution in [-0.2, 0) is 9.59 Å². The van der Waals surface area contributed by atoms with Crippen LogP contribution in [-0.4, -0.2) is 35.8 Å². The van der Waals surface area contributed by atoms with Gasteiger partial charge in [-0.15, -0.1) is 0 Å². The lowest BCUT2D eigenvalue weighted by molar-refractivity contribution is -0.119. The minimum absolute atomic E-state index is 0.0694. The molecule has 1 heterocycles. The van der Waals surface area contributed by atoms with Crippen molar-refractivity contribution in [3.8, 4) is 0 Å². The van der Waals surface area contributed by atoms with E-state index in [4.69, 9.17) is 0 Å². The average Bonchev–Trinajstić information content (AvgIpc) is 2.61. The normalized spacial score (nSPS) is 14.6. The number of aryl methyl sites for hydroxylation is 1. The molecule has 1 aliphatic rings. The summed E-state index contributed by atoms with van der Waals surface area (Å²) in [6.07, 6.45) is 0. The Morgan fingerprint density at radius 1 is 1.39 bits per heavy atom. The quantitative estimate of drug-likeness (QED) is 0.763. The second-order valence-corrected chi connectivity index (χ2v) is 4.07. The van der Waals surface area contributed by atoms with Crippen LogP contribution in [0.15, 0.2) is 24.3 Å². The van der Waals surface area contributed by atoms with Crippen molar-refractivity contribution in [2.75, 3.05) is 18.4 Å². The third kappa shape index (κ3) is 2.65. The molecule has 1 aromatic rings. The fourth-order valence-corrected chi connectivity index (χ4v) is 1.69. The van der Waals surface area contributed by atoms with Crippen LogP contribution in [0.1, 0.15) is 5.56 Å². The third-order valence-corrected chi connectivity index (χ3v) is 2.62. The van der Waals surface area contributed by atoms with Gasteiger partial charge in [-0.25, -0.2) is 4.79 Å². The summed E-state index contributed by atoms with van der Waals surface area (Å²) in [5.74, 6) is -0.710. The van der Waals surface area contributed by atoms with E-state index in [1.807, 2.05) is 25.1 Å². The minimum Gasteiger partial charge on any atom is -0.324 e. The molecule has 2 N–H and O–H groups in total. The van der Waals surface area contributed by atoms with Gasteiger partial charge in [0.15, 0.2) is 0 Å². The first-order chi connectivity index (χ1) is 8.56. The Morgan fingerprint density at radius 2 is 2.11 bits per heavy atom. The van der Waals surface area contributed by atoms with Gasteiger partial charge in [-0.05, 0) is 18.6 Å². The summed E-state index contributed by atoms with van der Waals surface area (Å²) in [7, 11) is 0. The van der Waals surface area contributed by atoms with Gasteiger partial charge in [-0.3, -0.25) is 14.9 Å². The number of benzene rings is 1. The Bertz CT molecular complexity index is 513. The smallest absolute Gasteiger partial charge is 0.324 e. The number of hydrogen-bond donors (Lipinski definition) is 2. The number of nitrogens with zero attached hydrogens (tertiary/aromatic N) is 1. The maximum atomic E-state index is 11.7. The van der Waals surface area contributed by atoms with Crippen LogP contribution in [0.5, 0.6) is 0 Å². The molecule has 0 aliphatic carbocycles. The van der Waals surface area contributed by atoms with E-state index in [1.165, 1.54) is 0 Å². The van der Waals surface area contributed by atoms with Crippen LogP contribution in [0.2, 0.25) is 0 Å². The van der Waals surface area contributed by atoms with Crippen LogP contribution in [0, 0.1) is 6.92 Å². The van der Waals surface area contributed by atoms with Gasteiger partial charge in [0.05, 0.1) is 0 Å². The van der Waals surface area contributed by atoms with E-state index >= 15 is 0 Å². The topological polar surface area (TPSA) is 78.5 Å². The van der Waals surface area contributed by atoms with Crippen molar-refractivity contribution in [2.45, 2.75) is 6.92 Å². The zero-order chi connectivity index (χ0) is 13.1.